The highest BCUT2D eigenvalue weighted by Crippen LogP contribution is 2.17. The molecule has 0 heterocycles. The van der Waals surface area contributed by atoms with Gasteiger partial charge >= 0.3 is 0 Å². The molecular formula is C15H25NO. The number of nitrogens with one attached hydrogen (secondary N) is 1. The Balaban J connectivity index is 2.26. The molecule has 1 atom stereocenters. The molecule has 0 aliphatic rings. The van der Waals surface area contributed by atoms with E-state index in [0.29, 0.717) is 6.04 Å². The second-order valence-electron chi connectivity index (χ2n) is 4.62. The van der Waals surface area contributed by atoms with Crippen LogP contribution in [0, 0.1) is 0 Å². The van der Waals surface area contributed by atoms with Gasteiger partial charge in [-0.2, -0.15) is 0 Å². The van der Waals surface area contributed by atoms with E-state index in [1.807, 2.05) is 12.1 Å². The number of unbranched alkanes of at least 4 members (excludes halogenated alkanes) is 3. The SMILES string of the molecule is CCCCCC[C@@H](C)Nc1ccc(OC)cc1. The van der Waals surface area contributed by atoms with Crippen LogP contribution in [0.2, 0.25) is 0 Å². The van der Waals surface area contributed by atoms with Gasteiger partial charge in [0.25, 0.3) is 0 Å². The van der Waals surface area contributed by atoms with Gasteiger partial charge in [-0.05, 0) is 37.6 Å². The Labute approximate surface area is 105 Å². The molecular weight excluding hydrogens is 210 g/mol. The molecule has 1 aromatic rings. The lowest BCUT2D eigenvalue weighted by molar-refractivity contribution is 0.415. The van der Waals surface area contributed by atoms with Gasteiger partial charge < -0.3 is 10.1 Å². The Morgan fingerprint density at radius 3 is 2.41 bits per heavy atom. The molecule has 0 bridgehead atoms. The highest BCUT2D eigenvalue weighted by molar-refractivity contribution is 5.46. The van der Waals surface area contributed by atoms with Crippen molar-refractivity contribution in [1.29, 1.82) is 0 Å². The summed E-state index contributed by atoms with van der Waals surface area (Å²) in [7, 11) is 1.69. The molecule has 0 amide bonds. The fraction of sp³-hybridized carbons (Fsp3) is 0.600. The quantitative estimate of drug-likeness (QED) is 0.671. The lowest BCUT2D eigenvalue weighted by Crippen LogP contribution is -2.14. The molecule has 1 rings (SSSR count). The molecule has 0 aliphatic heterocycles. The summed E-state index contributed by atoms with van der Waals surface area (Å²) in [5.74, 6) is 0.908. The van der Waals surface area contributed by atoms with Crippen molar-refractivity contribution in [3.63, 3.8) is 0 Å². The van der Waals surface area contributed by atoms with E-state index >= 15 is 0 Å². The smallest absolute Gasteiger partial charge is 0.119 e. The number of benzene rings is 1. The third kappa shape index (κ3) is 5.62. The van der Waals surface area contributed by atoms with Gasteiger partial charge in [0.15, 0.2) is 0 Å². The van der Waals surface area contributed by atoms with E-state index in [4.69, 9.17) is 4.74 Å². The summed E-state index contributed by atoms with van der Waals surface area (Å²) in [6, 6.07) is 8.67. The minimum atomic E-state index is 0.542. The third-order valence-electron chi connectivity index (χ3n) is 2.99. The molecule has 0 fully saturated rings. The number of hydrogen-bond acceptors (Lipinski definition) is 2. The maximum atomic E-state index is 5.14. The predicted molar refractivity (Wildman–Crippen MR) is 74.8 cm³/mol. The summed E-state index contributed by atoms with van der Waals surface area (Å²) in [4.78, 5) is 0. The molecule has 96 valence electrons. The van der Waals surface area contributed by atoms with E-state index in [1.54, 1.807) is 7.11 Å². The summed E-state index contributed by atoms with van der Waals surface area (Å²) in [6.45, 7) is 4.50. The van der Waals surface area contributed by atoms with E-state index in [2.05, 4.69) is 31.3 Å². The number of rotatable bonds is 8. The van der Waals surface area contributed by atoms with Gasteiger partial charge in [-0.15, -0.1) is 0 Å². The summed E-state index contributed by atoms with van der Waals surface area (Å²) < 4.78 is 5.14. The Hall–Kier alpha value is -1.18. The molecule has 0 unspecified atom stereocenters. The first-order chi connectivity index (χ1) is 8.26. The first-order valence-electron chi connectivity index (χ1n) is 6.67. The van der Waals surface area contributed by atoms with Crippen molar-refractivity contribution < 1.29 is 4.74 Å². The molecule has 0 spiro atoms. The fourth-order valence-electron chi connectivity index (χ4n) is 1.92. The number of hydrogen-bond donors (Lipinski definition) is 1. The largest absolute Gasteiger partial charge is 0.497 e. The van der Waals surface area contributed by atoms with Crippen LogP contribution >= 0.6 is 0 Å². The van der Waals surface area contributed by atoms with Crippen molar-refractivity contribution >= 4 is 5.69 Å². The van der Waals surface area contributed by atoms with Crippen LogP contribution in [0.1, 0.15) is 46.0 Å². The Kier molecular flexibility index (Phi) is 6.53. The van der Waals surface area contributed by atoms with Gasteiger partial charge in [0.2, 0.25) is 0 Å². The van der Waals surface area contributed by atoms with Crippen LogP contribution in [0.5, 0.6) is 5.75 Å². The van der Waals surface area contributed by atoms with Gasteiger partial charge in [-0.1, -0.05) is 32.6 Å². The van der Waals surface area contributed by atoms with Gasteiger partial charge in [-0.25, -0.2) is 0 Å². The topological polar surface area (TPSA) is 21.3 Å². The highest BCUT2D eigenvalue weighted by atomic mass is 16.5. The van der Waals surface area contributed by atoms with Gasteiger partial charge in [0.05, 0.1) is 7.11 Å². The molecule has 0 aliphatic carbocycles. The molecule has 0 saturated carbocycles. The lowest BCUT2D eigenvalue weighted by Gasteiger charge is -2.15. The zero-order chi connectivity index (χ0) is 12.5. The number of ether oxygens (including phenoxy) is 1. The second kappa shape index (κ2) is 7.99. The van der Waals surface area contributed by atoms with E-state index in [9.17, 15) is 0 Å². The maximum Gasteiger partial charge on any atom is 0.119 e. The first-order valence-corrected chi connectivity index (χ1v) is 6.67. The zero-order valence-corrected chi connectivity index (χ0v) is 11.3. The molecule has 0 saturated heterocycles. The lowest BCUT2D eigenvalue weighted by atomic mass is 10.1. The summed E-state index contributed by atoms with van der Waals surface area (Å²) in [5.41, 5.74) is 1.17. The van der Waals surface area contributed by atoms with Crippen molar-refractivity contribution in [2.45, 2.75) is 52.0 Å². The summed E-state index contributed by atoms with van der Waals surface area (Å²) >= 11 is 0. The van der Waals surface area contributed by atoms with Crippen molar-refractivity contribution in [2.75, 3.05) is 12.4 Å². The predicted octanol–water partition coefficient (Wildman–Crippen LogP) is 4.47. The van der Waals surface area contributed by atoms with Crippen molar-refractivity contribution in [3.05, 3.63) is 24.3 Å². The van der Waals surface area contributed by atoms with Crippen molar-refractivity contribution in [2.24, 2.45) is 0 Å². The van der Waals surface area contributed by atoms with Gasteiger partial charge in [0.1, 0.15) is 5.75 Å². The molecule has 0 aromatic heterocycles. The first kappa shape index (κ1) is 13.9. The maximum absolute atomic E-state index is 5.14. The molecule has 17 heavy (non-hydrogen) atoms. The number of methoxy groups -OCH3 is 1. The normalized spacial score (nSPS) is 12.2. The van der Waals surface area contributed by atoms with Gasteiger partial charge in [-0.3, -0.25) is 0 Å². The monoisotopic (exact) mass is 235 g/mol. The average Bonchev–Trinajstić information content (AvgIpc) is 2.36. The highest BCUT2D eigenvalue weighted by Gasteiger charge is 2.01. The van der Waals surface area contributed by atoms with Crippen LogP contribution in [0.15, 0.2) is 24.3 Å². The fourth-order valence-corrected chi connectivity index (χ4v) is 1.92. The zero-order valence-electron chi connectivity index (χ0n) is 11.3. The third-order valence-corrected chi connectivity index (χ3v) is 2.99. The minimum absolute atomic E-state index is 0.542. The Morgan fingerprint density at radius 1 is 1.12 bits per heavy atom. The molecule has 1 N–H and O–H groups in total. The van der Waals surface area contributed by atoms with E-state index in [0.717, 1.165) is 5.75 Å². The van der Waals surface area contributed by atoms with Crippen LogP contribution in [0.3, 0.4) is 0 Å². The van der Waals surface area contributed by atoms with E-state index < -0.39 is 0 Å². The van der Waals surface area contributed by atoms with Crippen LogP contribution in [0.25, 0.3) is 0 Å². The molecule has 2 nitrogen and oxygen atoms in total. The molecule has 0 radical (unpaired) electrons. The Bertz CT molecular complexity index is 294. The van der Waals surface area contributed by atoms with E-state index in [1.165, 1.54) is 37.8 Å². The molecule has 1 aromatic carbocycles. The van der Waals surface area contributed by atoms with E-state index in [-0.39, 0.29) is 0 Å². The van der Waals surface area contributed by atoms with Gasteiger partial charge in [0, 0.05) is 11.7 Å². The van der Waals surface area contributed by atoms with Crippen LogP contribution in [0.4, 0.5) is 5.69 Å². The standard InChI is InChI=1S/C15H25NO/c1-4-5-6-7-8-13(2)16-14-9-11-15(17-3)12-10-14/h9-13,16H,4-8H2,1-3H3/t13-/m1/s1. The molecule has 2 heteroatoms. The van der Waals surface area contributed by atoms with Crippen LogP contribution in [-0.4, -0.2) is 13.2 Å². The summed E-state index contributed by atoms with van der Waals surface area (Å²) in [6.07, 6.45) is 6.57. The van der Waals surface area contributed by atoms with Crippen molar-refractivity contribution in [1.82, 2.24) is 0 Å². The second-order valence-corrected chi connectivity index (χ2v) is 4.62. The summed E-state index contributed by atoms with van der Waals surface area (Å²) in [5, 5.41) is 3.51. The number of anilines is 1. The van der Waals surface area contributed by atoms with Crippen molar-refractivity contribution in [3.8, 4) is 5.75 Å². The van der Waals surface area contributed by atoms with Crippen LogP contribution < -0.4 is 10.1 Å². The van der Waals surface area contributed by atoms with Crippen LogP contribution in [-0.2, 0) is 0 Å². The Morgan fingerprint density at radius 2 is 1.82 bits per heavy atom. The minimum Gasteiger partial charge on any atom is -0.497 e. The average molecular weight is 235 g/mol.